The van der Waals surface area contributed by atoms with Crippen molar-refractivity contribution < 1.29 is 31.6 Å². The van der Waals surface area contributed by atoms with Crippen LogP contribution in [0.2, 0.25) is 0 Å². The molecular formula is C16H20O7S. The molecule has 2 aliphatic heterocycles. The molecule has 132 valence electrons. The van der Waals surface area contributed by atoms with E-state index in [9.17, 15) is 13.2 Å². The zero-order chi connectivity index (χ0) is 17.5. The average Bonchev–Trinajstić information content (AvgIpc) is 2.93. The van der Waals surface area contributed by atoms with E-state index in [1.165, 1.54) is 12.1 Å². The predicted octanol–water partition coefficient (Wildman–Crippen LogP) is 1.53. The third-order valence-corrected chi connectivity index (χ3v) is 5.29. The SMILES string of the molecule is Cc1ccc(S(=O)(=O)O[C@@H]2[C@H]3OC(C)(C)O[C@H]3O[C@@H]2CC=O)cc1. The summed E-state index contributed by atoms with van der Waals surface area (Å²) < 4.78 is 47.4. The number of fused-ring (bicyclic) bond motifs is 1. The number of aldehydes is 1. The largest absolute Gasteiger partial charge is 0.343 e. The summed E-state index contributed by atoms with van der Waals surface area (Å²) in [6.07, 6.45) is -2.52. The number of carbonyl (C=O) groups is 1. The standard InChI is InChI=1S/C16H20O7S/c1-10-4-6-11(7-5-10)24(18,19)23-13-12(8-9-17)20-15-14(13)21-16(2,3)22-15/h4-7,9,12-15H,8H2,1-3H3/t12-,13+,14-,15-/m1/s1. The molecule has 0 unspecified atom stereocenters. The molecule has 4 atom stereocenters. The molecule has 0 radical (unpaired) electrons. The molecule has 0 saturated carbocycles. The van der Waals surface area contributed by atoms with Crippen LogP contribution in [0.3, 0.4) is 0 Å². The lowest BCUT2D eigenvalue weighted by atomic mass is 10.1. The quantitative estimate of drug-likeness (QED) is 0.584. The molecule has 1 aromatic carbocycles. The van der Waals surface area contributed by atoms with Gasteiger partial charge in [-0.15, -0.1) is 0 Å². The van der Waals surface area contributed by atoms with E-state index in [1.54, 1.807) is 26.0 Å². The Balaban J connectivity index is 1.84. The van der Waals surface area contributed by atoms with Crippen LogP contribution >= 0.6 is 0 Å². The van der Waals surface area contributed by atoms with Gasteiger partial charge in [-0.1, -0.05) is 17.7 Å². The maximum atomic E-state index is 12.5. The van der Waals surface area contributed by atoms with Gasteiger partial charge >= 0.3 is 0 Å². The Morgan fingerprint density at radius 2 is 1.88 bits per heavy atom. The topological polar surface area (TPSA) is 88.1 Å². The fraction of sp³-hybridized carbons (Fsp3) is 0.562. The van der Waals surface area contributed by atoms with Crippen molar-refractivity contribution in [1.29, 1.82) is 0 Å². The minimum atomic E-state index is -4.02. The zero-order valence-electron chi connectivity index (χ0n) is 13.7. The van der Waals surface area contributed by atoms with E-state index in [4.69, 9.17) is 18.4 Å². The van der Waals surface area contributed by atoms with Crippen LogP contribution in [0.4, 0.5) is 0 Å². The van der Waals surface area contributed by atoms with E-state index in [0.29, 0.717) is 6.29 Å². The number of ether oxygens (including phenoxy) is 3. The van der Waals surface area contributed by atoms with Gasteiger partial charge in [-0.05, 0) is 32.9 Å². The lowest BCUT2D eigenvalue weighted by Crippen LogP contribution is -2.38. The van der Waals surface area contributed by atoms with E-state index in [0.717, 1.165) is 5.56 Å². The van der Waals surface area contributed by atoms with Gasteiger partial charge in [-0.2, -0.15) is 8.42 Å². The molecule has 3 rings (SSSR count). The fourth-order valence-corrected chi connectivity index (χ4v) is 3.96. The van der Waals surface area contributed by atoms with Crippen molar-refractivity contribution in [3.8, 4) is 0 Å². The molecule has 0 aliphatic carbocycles. The minimum absolute atomic E-state index is 0.00572. The normalized spacial score (nSPS) is 31.8. The third kappa shape index (κ3) is 3.38. The third-order valence-electron chi connectivity index (χ3n) is 3.96. The average molecular weight is 356 g/mol. The molecule has 2 heterocycles. The second-order valence-corrected chi connectivity index (χ2v) is 7.95. The Morgan fingerprint density at radius 3 is 2.50 bits per heavy atom. The van der Waals surface area contributed by atoms with Crippen molar-refractivity contribution in [1.82, 2.24) is 0 Å². The van der Waals surface area contributed by atoms with Gasteiger partial charge < -0.3 is 19.0 Å². The first-order valence-corrected chi connectivity index (χ1v) is 9.07. The zero-order valence-corrected chi connectivity index (χ0v) is 14.5. The van der Waals surface area contributed by atoms with E-state index in [-0.39, 0.29) is 11.3 Å². The van der Waals surface area contributed by atoms with Crippen LogP contribution < -0.4 is 0 Å². The number of hydrogen-bond acceptors (Lipinski definition) is 7. The van der Waals surface area contributed by atoms with Crippen LogP contribution in [0.1, 0.15) is 25.8 Å². The van der Waals surface area contributed by atoms with Gasteiger partial charge in [0.25, 0.3) is 10.1 Å². The Kier molecular flexibility index (Phi) is 4.52. The summed E-state index contributed by atoms with van der Waals surface area (Å²) in [4.78, 5) is 10.9. The Morgan fingerprint density at radius 1 is 1.21 bits per heavy atom. The molecule has 1 aromatic rings. The Bertz CT molecular complexity index is 710. The first-order valence-electron chi connectivity index (χ1n) is 7.66. The maximum Gasteiger partial charge on any atom is 0.297 e. The highest BCUT2D eigenvalue weighted by molar-refractivity contribution is 7.86. The van der Waals surface area contributed by atoms with Gasteiger partial charge in [0.2, 0.25) is 0 Å². The molecule has 2 fully saturated rings. The number of aryl methyl sites for hydroxylation is 1. The second kappa shape index (κ2) is 6.20. The van der Waals surface area contributed by atoms with Crippen molar-refractivity contribution in [2.45, 2.75) is 62.5 Å². The molecule has 7 nitrogen and oxygen atoms in total. The monoisotopic (exact) mass is 356 g/mol. The molecule has 2 saturated heterocycles. The number of benzene rings is 1. The number of rotatable bonds is 5. The van der Waals surface area contributed by atoms with Gasteiger partial charge in [0, 0.05) is 6.42 Å². The summed E-state index contributed by atoms with van der Waals surface area (Å²) in [5.41, 5.74) is 0.936. The molecule has 2 aliphatic rings. The summed E-state index contributed by atoms with van der Waals surface area (Å²) in [7, 11) is -4.02. The van der Waals surface area contributed by atoms with Gasteiger partial charge in [0.15, 0.2) is 12.1 Å². The van der Waals surface area contributed by atoms with Gasteiger partial charge in [-0.25, -0.2) is 0 Å². The molecule has 8 heteroatoms. The van der Waals surface area contributed by atoms with Crippen molar-refractivity contribution in [2.24, 2.45) is 0 Å². The molecule has 0 aromatic heterocycles. The van der Waals surface area contributed by atoms with Gasteiger partial charge in [0.05, 0.1) is 11.0 Å². The van der Waals surface area contributed by atoms with Crippen molar-refractivity contribution in [3.05, 3.63) is 29.8 Å². The van der Waals surface area contributed by atoms with Crippen LogP contribution in [0.5, 0.6) is 0 Å². The van der Waals surface area contributed by atoms with Gasteiger partial charge in [0.1, 0.15) is 18.5 Å². The minimum Gasteiger partial charge on any atom is -0.343 e. The summed E-state index contributed by atoms with van der Waals surface area (Å²) in [5.74, 6) is -0.906. The second-order valence-electron chi connectivity index (χ2n) is 6.37. The lowest BCUT2D eigenvalue weighted by molar-refractivity contribution is -0.212. The highest BCUT2D eigenvalue weighted by Crippen LogP contribution is 2.40. The van der Waals surface area contributed by atoms with Crippen LogP contribution in [0.15, 0.2) is 29.2 Å². The first kappa shape index (κ1) is 17.5. The molecular weight excluding hydrogens is 336 g/mol. The van der Waals surface area contributed by atoms with E-state index >= 15 is 0 Å². The highest BCUT2D eigenvalue weighted by atomic mass is 32.2. The van der Waals surface area contributed by atoms with Crippen LogP contribution in [0.25, 0.3) is 0 Å². The first-order chi connectivity index (χ1) is 11.2. The lowest BCUT2D eigenvalue weighted by Gasteiger charge is -2.24. The maximum absolute atomic E-state index is 12.5. The molecule has 0 bridgehead atoms. The van der Waals surface area contributed by atoms with E-state index in [2.05, 4.69) is 0 Å². The predicted molar refractivity (Wildman–Crippen MR) is 82.6 cm³/mol. The summed E-state index contributed by atoms with van der Waals surface area (Å²) >= 11 is 0. The highest BCUT2D eigenvalue weighted by Gasteiger charge is 2.56. The fourth-order valence-electron chi connectivity index (χ4n) is 2.85. The van der Waals surface area contributed by atoms with Crippen molar-refractivity contribution in [3.63, 3.8) is 0 Å². The smallest absolute Gasteiger partial charge is 0.297 e. The molecule has 0 N–H and O–H groups in total. The molecule has 0 spiro atoms. The van der Waals surface area contributed by atoms with Crippen LogP contribution in [-0.4, -0.2) is 45.1 Å². The van der Waals surface area contributed by atoms with Gasteiger partial charge in [-0.3, -0.25) is 4.18 Å². The van der Waals surface area contributed by atoms with Crippen molar-refractivity contribution in [2.75, 3.05) is 0 Å². The summed E-state index contributed by atoms with van der Waals surface area (Å²) in [6, 6.07) is 6.32. The number of carbonyl (C=O) groups excluding carboxylic acids is 1. The molecule has 24 heavy (non-hydrogen) atoms. The summed E-state index contributed by atoms with van der Waals surface area (Å²) in [6.45, 7) is 5.27. The van der Waals surface area contributed by atoms with Crippen molar-refractivity contribution >= 4 is 16.4 Å². The molecule has 0 amide bonds. The van der Waals surface area contributed by atoms with E-state index < -0.39 is 40.5 Å². The van der Waals surface area contributed by atoms with Crippen LogP contribution in [0, 0.1) is 6.92 Å². The Hall–Kier alpha value is -1.32. The number of hydrogen-bond donors (Lipinski definition) is 0. The summed E-state index contributed by atoms with van der Waals surface area (Å²) in [5, 5.41) is 0. The Labute approximate surface area is 141 Å². The van der Waals surface area contributed by atoms with Crippen LogP contribution in [-0.2, 0) is 33.3 Å². The van der Waals surface area contributed by atoms with E-state index in [1.807, 2.05) is 6.92 Å².